The van der Waals surface area contributed by atoms with Gasteiger partial charge in [0.2, 0.25) is 5.91 Å². The van der Waals surface area contributed by atoms with Crippen molar-refractivity contribution in [3.8, 4) is 11.5 Å². The van der Waals surface area contributed by atoms with Crippen molar-refractivity contribution in [2.24, 2.45) is 5.92 Å². The normalized spacial score (nSPS) is 18.0. The van der Waals surface area contributed by atoms with E-state index in [1.165, 1.54) is 0 Å². The lowest BCUT2D eigenvalue weighted by Gasteiger charge is -2.21. The Hall–Kier alpha value is -3.06. The van der Waals surface area contributed by atoms with Gasteiger partial charge in [-0.15, -0.1) is 0 Å². The average molecular weight is 427 g/mol. The van der Waals surface area contributed by atoms with Gasteiger partial charge in [0, 0.05) is 49.9 Å². The molecule has 0 saturated carbocycles. The molecule has 2 amide bonds. The molecule has 2 atom stereocenters. The van der Waals surface area contributed by atoms with Crippen LogP contribution in [0.4, 0.5) is 0 Å². The summed E-state index contributed by atoms with van der Waals surface area (Å²) in [5.41, 5.74) is 2.59. The minimum Gasteiger partial charge on any atom is -0.497 e. The Morgan fingerprint density at radius 3 is 2.42 bits per heavy atom. The molecule has 1 aliphatic heterocycles. The quantitative estimate of drug-likeness (QED) is 0.657. The van der Waals surface area contributed by atoms with E-state index in [1.807, 2.05) is 43.3 Å². The number of ether oxygens (including phenoxy) is 3. The molecule has 1 N–H and O–H groups in total. The van der Waals surface area contributed by atoms with Crippen LogP contribution in [0.1, 0.15) is 27.4 Å². The molecule has 31 heavy (non-hydrogen) atoms. The predicted octanol–water partition coefficient (Wildman–Crippen LogP) is 2.63. The van der Waals surface area contributed by atoms with Crippen LogP contribution in [0.15, 0.2) is 42.5 Å². The Morgan fingerprint density at radius 2 is 1.77 bits per heavy atom. The van der Waals surface area contributed by atoms with Gasteiger partial charge in [-0.3, -0.25) is 9.59 Å². The number of hydrogen-bond donors (Lipinski definition) is 1. The Bertz CT molecular complexity index is 913. The van der Waals surface area contributed by atoms with Crippen molar-refractivity contribution < 1.29 is 23.8 Å². The Labute approximate surface area is 183 Å². The van der Waals surface area contributed by atoms with Gasteiger partial charge in [-0.2, -0.15) is 0 Å². The summed E-state index contributed by atoms with van der Waals surface area (Å²) in [6, 6.07) is 13.1. The van der Waals surface area contributed by atoms with Gasteiger partial charge in [0.1, 0.15) is 11.5 Å². The van der Waals surface area contributed by atoms with Crippen molar-refractivity contribution in [2.45, 2.75) is 12.8 Å². The molecule has 7 heteroatoms. The first-order valence-corrected chi connectivity index (χ1v) is 10.3. The maximum absolute atomic E-state index is 13.1. The van der Waals surface area contributed by atoms with Crippen molar-refractivity contribution in [3.05, 3.63) is 59.2 Å². The number of rotatable bonds is 8. The van der Waals surface area contributed by atoms with E-state index in [4.69, 9.17) is 14.2 Å². The summed E-state index contributed by atoms with van der Waals surface area (Å²) in [4.78, 5) is 27.9. The van der Waals surface area contributed by atoms with Crippen LogP contribution in [0.25, 0.3) is 0 Å². The standard InChI is InChI=1S/C24H30N2O5/c1-16-5-7-17(8-6-16)24(28)26-14-20(21(15-26)23(27)25-11-12-29-2)19-10-9-18(30-3)13-22(19)31-4/h5-10,13,20-21H,11-12,14-15H2,1-4H3,(H,25,27)/t20-,21-/m1/s1. The first kappa shape index (κ1) is 22.6. The summed E-state index contributed by atoms with van der Waals surface area (Å²) in [6.45, 7) is 3.60. The van der Waals surface area contributed by atoms with Crippen molar-refractivity contribution in [3.63, 3.8) is 0 Å². The summed E-state index contributed by atoms with van der Waals surface area (Å²) in [5, 5.41) is 2.92. The van der Waals surface area contributed by atoms with E-state index in [0.29, 0.717) is 43.3 Å². The average Bonchev–Trinajstić information content (AvgIpc) is 3.24. The van der Waals surface area contributed by atoms with Crippen LogP contribution in [0, 0.1) is 12.8 Å². The molecular formula is C24H30N2O5. The molecule has 1 fully saturated rings. The summed E-state index contributed by atoms with van der Waals surface area (Å²) in [6.07, 6.45) is 0. The van der Waals surface area contributed by atoms with Gasteiger partial charge < -0.3 is 24.4 Å². The number of nitrogens with zero attached hydrogens (tertiary/aromatic N) is 1. The molecule has 1 saturated heterocycles. The van der Waals surface area contributed by atoms with Crippen molar-refractivity contribution >= 4 is 11.8 Å². The fourth-order valence-electron chi connectivity index (χ4n) is 3.96. The highest BCUT2D eigenvalue weighted by Crippen LogP contribution is 2.39. The molecule has 1 aliphatic rings. The third kappa shape index (κ3) is 5.17. The highest BCUT2D eigenvalue weighted by Gasteiger charge is 2.41. The van der Waals surface area contributed by atoms with Crippen LogP contribution in [0.5, 0.6) is 11.5 Å². The van der Waals surface area contributed by atoms with Crippen molar-refractivity contribution in [1.29, 1.82) is 0 Å². The van der Waals surface area contributed by atoms with E-state index in [2.05, 4.69) is 5.32 Å². The SMILES string of the molecule is COCCNC(=O)[C@@H]1CN(C(=O)c2ccc(C)cc2)C[C@@H]1c1ccc(OC)cc1OC. The van der Waals surface area contributed by atoms with Gasteiger partial charge in [0.15, 0.2) is 0 Å². The maximum Gasteiger partial charge on any atom is 0.253 e. The Morgan fingerprint density at radius 1 is 1.03 bits per heavy atom. The van der Waals surface area contributed by atoms with Gasteiger partial charge in [0.05, 0.1) is 26.7 Å². The molecule has 1 heterocycles. The molecule has 0 unspecified atom stereocenters. The number of nitrogens with one attached hydrogen (secondary N) is 1. The highest BCUT2D eigenvalue weighted by atomic mass is 16.5. The molecule has 0 bridgehead atoms. The molecule has 2 aromatic rings. The number of likely N-dealkylation sites (tertiary alicyclic amines) is 1. The molecular weight excluding hydrogens is 396 g/mol. The number of aryl methyl sites for hydroxylation is 1. The zero-order valence-corrected chi connectivity index (χ0v) is 18.5. The molecule has 0 aliphatic carbocycles. The summed E-state index contributed by atoms with van der Waals surface area (Å²) in [7, 11) is 4.78. The maximum atomic E-state index is 13.1. The van der Waals surface area contributed by atoms with E-state index in [-0.39, 0.29) is 17.7 Å². The van der Waals surface area contributed by atoms with Gasteiger partial charge in [-0.05, 0) is 25.1 Å². The summed E-state index contributed by atoms with van der Waals surface area (Å²) < 4.78 is 15.9. The third-order valence-electron chi connectivity index (χ3n) is 5.69. The molecule has 2 aromatic carbocycles. The number of amides is 2. The molecule has 3 rings (SSSR count). The zero-order chi connectivity index (χ0) is 22.4. The second kappa shape index (κ2) is 10.3. The van der Waals surface area contributed by atoms with Crippen LogP contribution in [0.2, 0.25) is 0 Å². The molecule has 166 valence electrons. The topological polar surface area (TPSA) is 77.1 Å². The summed E-state index contributed by atoms with van der Waals surface area (Å²) in [5.74, 6) is 0.547. The van der Waals surface area contributed by atoms with Gasteiger partial charge in [-0.1, -0.05) is 23.8 Å². The molecule has 0 spiro atoms. The Kier molecular flexibility index (Phi) is 7.52. The largest absolute Gasteiger partial charge is 0.497 e. The monoisotopic (exact) mass is 426 g/mol. The number of carbonyl (C=O) groups excluding carboxylic acids is 2. The van der Waals surface area contributed by atoms with Crippen LogP contribution in [-0.2, 0) is 9.53 Å². The number of methoxy groups -OCH3 is 3. The van der Waals surface area contributed by atoms with Gasteiger partial charge in [-0.25, -0.2) is 0 Å². The van der Waals surface area contributed by atoms with E-state index >= 15 is 0 Å². The van der Waals surface area contributed by atoms with E-state index in [0.717, 1.165) is 11.1 Å². The minimum absolute atomic E-state index is 0.0790. The second-order valence-corrected chi connectivity index (χ2v) is 7.68. The Balaban J connectivity index is 1.89. The highest BCUT2D eigenvalue weighted by molar-refractivity contribution is 5.95. The second-order valence-electron chi connectivity index (χ2n) is 7.68. The van der Waals surface area contributed by atoms with E-state index in [1.54, 1.807) is 32.3 Å². The van der Waals surface area contributed by atoms with Crippen molar-refractivity contribution in [2.75, 3.05) is 47.6 Å². The number of benzene rings is 2. The van der Waals surface area contributed by atoms with Crippen LogP contribution < -0.4 is 14.8 Å². The number of carbonyl (C=O) groups is 2. The van der Waals surface area contributed by atoms with Crippen LogP contribution in [0.3, 0.4) is 0 Å². The lowest BCUT2D eigenvalue weighted by atomic mass is 9.87. The van der Waals surface area contributed by atoms with Gasteiger partial charge >= 0.3 is 0 Å². The number of hydrogen-bond acceptors (Lipinski definition) is 5. The molecule has 0 radical (unpaired) electrons. The molecule has 7 nitrogen and oxygen atoms in total. The lowest BCUT2D eigenvalue weighted by molar-refractivity contribution is -0.125. The zero-order valence-electron chi connectivity index (χ0n) is 18.5. The lowest BCUT2D eigenvalue weighted by Crippen LogP contribution is -2.37. The van der Waals surface area contributed by atoms with E-state index < -0.39 is 5.92 Å². The predicted molar refractivity (Wildman–Crippen MR) is 118 cm³/mol. The first-order chi connectivity index (χ1) is 15.0. The van der Waals surface area contributed by atoms with Crippen LogP contribution in [-0.4, -0.2) is 64.3 Å². The fraction of sp³-hybridized carbons (Fsp3) is 0.417. The third-order valence-corrected chi connectivity index (χ3v) is 5.69. The van der Waals surface area contributed by atoms with E-state index in [9.17, 15) is 9.59 Å². The van der Waals surface area contributed by atoms with Gasteiger partial charge in [0.25, 0.3) is 5.91 Å². The smallest absolute Gasteiger partial charge is 0.253 e. The first-order valence-electron chi connectivity index (χ1n) is 10.3. The van der Waals surface area contributed by atoms with Crippen LogP contribution >= 0.6 is 0 Å². The van der Waals surface area contributed by atoms with Crippen molar-refractivity contribution in [1.82, 2.24) is 10.2 Å². The minimum atomic E-state index is -0.395. The summed E-state index contributed by atoms with van der Waals surface area (Å²) >= 11 is 0. The fourth-order valence-corrected chi connectivity index (χ4v) is 3.96. The molecule has 0 aromatic heterocycles.